The fourth-order valence-electron chi connectivity index (χ4n) is 4.96. The molecule has 7 nitrogen and oxygen atoms in total. The number of aromatic nitrogens is 2. The van der Waals surface area contributed by atoms with Gasteiger partial charge in [-0.2, -0.15) is 0 Å². The van der Waals surface area contributed by atoms with Gasteiger partial charge >= 0.3 is 0 Å². The number of piperidine rings is 2. The van der Waals surface area contributed by atoms with Crippen molar-refractivity contribution in [1.29, 1.82) is 0 Å². The van der Waals surface area contributed by atoms with Gasteiger partial charge in [-0.15, -0.1) is 0 Å². The molecule has 1 saturated carbocycles. The summed E-state index contributed by atoms with van der Waals surface area (Å²) in [6.45, 7) is 8.89. The third-order valence-corrected chi connectivity index (χ3v) is 7.05. The van der Waals surface area contributed by atoms with Crippen LogP contribution in [0, 0.1) is 17.8 Å². The summed E-state index contributed by atoms with van der Waals surface area (Å²) in [5.41, 5.74) is 0.700. The SMILES string of the molecule is CC(C)C(=O)N1CCC(c2nc([C@@H]3CCCN(C(=O)[C@@H]4C[C@H]4C)C3)cc(=O)[nH]2)CC1. The van der Waals surface area contributed by atoms with Crippen molar-refractivity contribution in [2.75, 3.05) is 26.2 Å². The third-order valence-electron chi connectivity index (χ3n) is 7.05. The first-order valence-corrected chi connectivity index (χ1v) is 11.5. The molecule has 3 fully saturated rings. The summed E-state index contributed by atoms with van der Waals surface area (Å²) in [6, 6.07) is 1.61. The van der Waals surface area contributed by atoms with Crippen LogP contribution in [0.25, 0.3) is 0 Å². The van der Waals surface area contributed by atoms with Gasteiger partial charge in [0.05, 0.1) is 5.69 Å². The Kier molecular flexibility index (Phi) is 5.98. The van der Waals surface area contributed by atoms with Gasteiger partial charge in [-0.05, 0) is 38.0 Å². The van der Waals surface area contributed by atoms with E-state index in [2.05, 4.69) is 11.9 Å². The minimum atomic E-state index is -0.116. The summed E-state index contributed by atoms with van der Waals surface area (Å²) in [7, 11) is 0. The Bertz CT molecular complexity index is 856. The molecule has 0 bridgehead atoms. The van der Waals surface area contributed by atoms with E-state index >= 15 is 0 Å². The average Bonchev–Trinajstić information content (AvgIpc) is 3.49. The molecule has 1 aliphatic carbocycles. The number of hydrogen-bond acceptors (Lipinski definition) is 4. The Morgan fingerprint density at radius 1 is 1.10 bits per heavy atom. The summed E-state index contributed by atoms with van der Waals surface area (Å²) in [6.07, 6.45) is 4.56. The maximum Gasteiger partial charge on any atom is 0.251 e. The zero-order valence-corrected chi connectivity index (χ0v) is 18.4. The summed E-state index contributed by atoms with van der Waals surface area (Å²) in [5.74, 6) is 2.23. The Labute approximate surface area is 178 Å². The van der Waals surface area contributed by atoms with E-state index in [4.69, 9.17) is 4.98 Å². The zero-order chi connectivity index (χ0) is 21.4. The topological polar surface area (TPSA) is 86.4 Å². The molecule has 1 aromatic heterocycles. The highest BCUT2D eigenvalue weighted by Crippen LogP contribution is 2.40. The number of hydrogen-bond donors (Lipinski definition) is 1. The Morgan fingerprint density at radius 2 is 1.80 bits per heavy atom. The van der Waals surface area contributed by atoms with E-state index in [1.165, 1.54) is 0 Å². The molecule has 1 N–H and O–H groups in total. The van der Waals surface area contributed by atoms with Crippen LogP contribution < -0.4 is 5.56 Å². The van der Waals surface area contributed by atoms with Crippen molar-refractivity contribution in [1.82, 2.24) is 19.8 Å². The predicted octanol–water partition coefficient (Wildman–Crippen LogP) is 2.49. The first kappa shape index (κ1) is 21.1. The van der Waals surface area contributed by atoms with Crippen molar-refractivity contribution < 1.29 is 9.59 Å². The largest absolute Gasteiger partial charge is 0.342 e. The molecule has 2 aliphatic heterocycles. The number of nitrogens with one attached hydrogen (secondary N) is 1. The van der Waals surface area contributed by atoms with Crippen LogP contribution in [0.3, 0.4) is 0 Å². The molecule has 7 heteroatoms. The van der Waals surface area contributed by atoms with E-state index in [-0.39, 0.29) is 41.0 Å². The van der Waals surface area contributed by atoms with Crippen molar-refractivity contribution >= 4 is 11.8 Å². The highest BCUT2D eigenvalue weighted by molar-refractivity contribution is 5.81. The molecule has 30 heavy (non-hydrogen) atoms. The quantitative estimate of drug-likeness (QED) is 0.820. The van der Waals surface area contributed by atoms with E-state index in [1.807, 2.05) is 23.6 Å². The Morgan fingerprint density at radius 3 is 2.43 bits per heavy atom. The van der Waals surface area contributed by atoms with Gasteiger partial charge in [0, 0.05) is 55.9 Å². The number of nitrogens with zero attached hydrogens (tertiary/aromatic N) is 3. The number of carbonyl (C=O) groups is 2. The molecule has 2 amide bonds. The lowest BCUT2D eigenvalue weighted by Crippen LogP contribution is -2.41. The van der Waals surface area contributed by atoms with E-state index < -0.39 is 0 Å². The number of rotatable bonds is 4. The molecule has 0 spiro atoms. The second-order valence-corrected chi connectivity index (χ2v) is 9.75. The van der Waals surface area contributed by atoms with Gasteiger partial charge in [-0.25, -0.2) is 4.98 Å². The molecule has 164 valence electrons. The van der Waals surface area contributed by atoms with Crippen LogP contribution in [0.15, 0.2) is 10.9 Å². The molecule has 0 radical (unpaired) electrons. The van der Waals surface area contributed by atoms with Gasteiger partial charge < -0.3 is 14.8 Å². The molecule has 1 aromatic rings. The lowest BCUT2D eigenvalue weighted by Gasteiger charge is -2.34. The van der Waals surface area contributed by atoms with Crippen LogP contribution in [-0.2, 0) is 9.59 Å². The second kappa shape index (κ2) is 8.52. The summed E-state index contributed by atoms with van der Waals surface area (Å²) >= 11 is 0. The summed E-state index contributed by atoms with van der Waals surface area (Å²) in [5, 5.41) is 0. The number of H-pyrrole nitrogens is 1. The van der Waals surface area contributed by atoms with Gasteiger partial charge in [-0.1, -0.05) is 20.8 Å². The smallest absolute Gasteiger partial charge is 0.251 e. The van der Waals surface area contributed by atoms with Crippen LogP contribution in [0.5, 0.6) is 0 Å². The van der Waals surface area contributed by atoms with E-state index in [9.17, 15) is 14.4 Å². The molecule has 2 saturated heterocycles. The van der Waals surface area contributed by atoms with Crippen molar-refractivity contribution in [3.8, 4) is 0 Å². The molecule has 3 aliphatic rings. The van der Waals surface area contributed by atoms with Crippen LogP contribution in [-0.4, -0.2) is 57.8 Å². The van der Waals surface area contributed by atoms with Gasteiger partial charge in [0.1, 0.15) is 5.82 Å². The summed E-state index contributed by atoms with van der Waals surface area (Å²) in [4.78, 5) is 49.0. The highest BCUT2D eigenvalue weighted by atomic mass is 16.2. The lowest BCUT2D eigenvalue weighted by atomic mass is 9.92. The second-order valence-electron chi connectivity index (χ2n) is 9.75. The number of likely N-dealkylation sites (tertiary alicyclic amines) is 2. The molecule has 0 unspecified atom stereocenters. The molecule has 4 rings (SSSR count). The van der Waals surface area contributed by atoms with Crippen LogP contribution in [0.4, 0.5) is 0 Å². The monoisotopic (exact) mass is 414 g/mol. The van der Waals surface area contributed by atoms with E-state index in [0.717, 1.165) is 50.2 Å². The molecule has 3 atom stereocenters. The van der Waals surface area contributed by atoms with Crippen LogP contribution in [0.1, 0.15) is 76.2 Å². The van der Waals surface area contributed by atoms with Gasteiger partial charge in [0.15, 0.2) is 0 Å². The molecular weight excluding hydrogens is 380 g/mol. The first-order chi connectivity index (χ1) is 14.3. The predicted molar refractivity (Wildman–Crippen MR) is 114 cm³/mol. The van der Waals surface area contributed by atoms with E-state index in [0.29, 0.717) is 25.6 Å². The standard InChI is InChI=1S/C23H34N4O3/c1-14(2)22(29)26-9-6-16(7-10-26)21-24-19(12-20(28)25-21)17-5-4-8-27(13-17)23(30)18-11-15(18)3/h12,14-18H,4-11,13H2,1-3H3,(H,24,25,28)/t15-,17-,18-/m1/s1. The van der Waals surface area contributed by atoms with Gasteiger partial charge in [0.25, 0.3) is 5.56 Å². The summed E-state index contributed by atoms with van der Waals surface area (Å²) < 4.78 is 0. The van der Waals surface area contributed by atoms with Crippen LogP contribution in [0.2, 0.25) is 0 Å². The molecule has 3 heterocycles. The molecule has 0 aromatic carbocycles. The van der Waals surface area contributed by atoms with Crippen molar-refractivity contribution in [2.45, 2.75) is 64.7 Å². The van der Waals surface area contributed by atoms with Crippen LogP contribution >= 0.6 is 0 Å². The van der Waals surface area contributed by atoms with Gasteiger partial charge in [0.2, 0.25) is 11.8 Å². The Balaban J connectivity index is 1.44. The van der Waals surface area contributed by atoms with Crippen molar-refractivity contribution in [3.63, 3.8) is 0 Å². The highest BCUT2D eigenvalue weighted by Gasteiger charge is 2.42. The number of carbonyl (C=O) groups excluding carboxylic acids is 2. The normalized spacial score (nSPS) is 27.4. The number of aromatic amines is 1. The average molecular weight is 415 g/mol. The van der Waals surface area contributed by atoms with Gasteiger partial charge in [-0.3, -0.25) is 14.4 Å². The zero-order valence-electron chi connectivity index (χ0n) is 18.4. The maximum atomic E-state index is 12.7. The van der Waals surface area contributed by atoms with Crippen molar-refractivity contribution in [3.05, 3.63) is 27.9 Å². The number of amides is 2. The fraction of sp³-hybridized carbons (Fsp3) is 0.739. The first-order valence-electron chi connectivity index (χ1n) is 11.5. The van der Waals surface area contributed by atoms with Crippen molar-refractivity contribution in [2.24, 2.45) is 17.8 Å². The maximum absolute atomic E-state index is 12.7. The minimum Gasteiger partial charge on any atom is -0.342 e. The minimum absolute atomic E-state index is 0.0124. The lowest BCUT2D eigenvalue weighted by molar-refractivity contribution is -0.135. The third kappa shape index (κ3) is 4.44. The fourth-order valence-corrected chi connectivity index (χ4v) is 4.96. The molecular formula is C23H34N4O3. The van der Waals surface area contributed by atoms with E-state index in [1.54, 1.807) is 6.07 Å². The Hall–Kier alpha value is -2.18.